The molecule has 2 rings (SSSR count). The molecule has 2 nitrogen and oxygen atoms in total. The molecule has 1 saturated carbocycles. The van der Waals surface area contributed by atoms with E-state index in [0.717, 1.165) is 22.6 Å². The molecule has 0 aromatic heterocycles. The molecule has 88 valence electrons. The standard InChI is InChI=1S/C13H18BrNO/c1-16-13-6-5-9(7-11(13)14)8-12(15)10-3-2-4-10/h5-7,10,12H,2-4,8,15H2,1H3. The molecular weight excluding hydrogens is 266 g/mol. The van der Waals surface area contributed by atoms with Crippen LogP contribution in [0.25, 0.3) is 0 Å². The first-order valence-corrected chi connectivity index (χ1v) is 6.58. The molecule has 0 amide bonds. The van der Waals surface area contributed by atoms with E-state index in [1.165, 1.54) is 24.8 Å². The quantitative estimate of drug-likeness (QED) is 0.922. The van der Waals surface area contributed by atoms with Crippen molar-refractivity contribution in [1.82, 2.24) is 0 Å². The number of hydrogen-bond donors (Lipinski definition) is 1. The Hall–Kier alpha value is -0.540. The second-order valence-corrected chi connectivity index (χ2v) is 5.38. The van der Waals surface area contributed by atoms with Gasteiger partial charge in [0.15, 0.2) is 0 Å². The third-order valence-electron chi connectivity index (χ3n) is 3.44. The van der Waals surface area contributed by atoms with E-state index in [-0.39, 0.29) is 0 Å². The van der Waals surface area contributed by atoms with Crippen molar-refractivity contribution in [1.29, 1.82) is 0 Å². The van der Waals surface area contributed by atoms with Crippen LogP contribution in [0.4, 0.5) is 0 Å². The number of benzene rings is 1. The Bertz CT molecular complexity index is 363. The van der Waals surface area contributed by atoms with Gasteiger partial charge in [0.25, 0.3) is 0 Å². The van der Waals surface area contributed by atoms with E-state index in [1.807, 2.05) is 6.07 Å². The molecule has 1 unspecified atom stereocenters. The Morgan fingerprint density at radius 1 is 1.50 bits per heavy atom. The molecule has 1 aliphatic rings. The molecule has 1 aromatic rings. The molecule has 0 aliphatic heterocycles. The summed E-state index contributed by atoms with van der Waals surface area (Å²) in [6.07, 6.45) is 4.93. The van der Waals surface area contributed by atoms with Crippen LogP contribution < -0.4 is 10.5 Å². The predicted octanol–water partition coefficient (Wildman–Crippen LogP) is 3.13. The minimum atomic E-state index is 0.314. The zero-order valence-corrected chi connectivity index (χ0v) is 11.2. The lowest BCUT2D eigenvalue weighted by Crippen LogP contribution is -2.36. The average molecular weight is 284 g/mol. The highest BCUT2D eigenvalue weighted by Crippen LogP contribution is 2.31. The van der Waals surface area contributed by atoms with Crippen molar-refractivity contribution in [3.63, 3.8) is 0 Å². The zero-order chi connectivity index (χ0) is 11.5. The van der Waals surface area contributed by atoms with Gasteiger partial charge in [-0.3, -0.25) is 0 Å². The Morgan fingerprint density at radius 3 is 2.75 bits per heavy atom. The molecular formula is C13H18BrNO. The number of hydrogen-bond acceptors (Lipinski definition) is 2. The lowest BCUT2D eigenvalue weighted by molar-refractivity contribution is 0.260. The van der Waals surface area contributed by atoms with Gasteiger partial charge >= 0.3 is 0 Å². The first-order valence-electron chi connectivity index (χ1n) is 5.78. The first kappa shape index (κ1) is 11.9. The van der Waals surface area contributed by atoms with Crippen LogP contribution in [0.2, 0.25) is 0 Å². The fourth-order valence-electron chi connectivity index (χ4n) is 2.14. The summed E-state index contributed by atoms with van der Waals surface area (Å²) >= 11 is 3.50. The second kappa shape index (κ2) is 5.19. The first-order chi connectivity index (χ1) is 7.70. The summed E-state index contributed by atoms with van der Waals surface area (Å²) in [4.78, 5) is 0. The smallest absolute Gasteiger partial charge is 0.133 e. The maximum Gasteiger partial charge on any atom is 0.133 e. The lowest BCUT2D eigenvalue weighted by atomic mass is 9.78. The number of methoxy groups -OCH3 is 1. The van der Waals surface area contributed by atoms with Crippen molar-refractivity contribution in [3.8, 4) is 5.75 Å². The largest absolute Gasteiger partial charge is 0.496 e. The molecule has 1 fully saturated rings. The molecule has 16 heavy (non-hydrogen) atoms. The van der Waals surface area contributed by atoms with Crippen LogP contribution in [-0.2, 0) is 6.42 Å². The number of rotatable bonds is 4. The van der Waals surface area contributed by atoms with Gasteiger partial charge in [-0.15, -0.1) is 0 Å². The van der Waals surface area contributed by atoms with Crippen molar-refractivity contribution < 1.29 is 4.74 Å². The van der Waals surface area contributed by atoms with Gasteiger partial charge in [-0.1, -0.05) is 12.5 Å². The predicted molar refractivity (Wildman–Crippen MR) is 69.7 cm³/mol. The van der Waals surface area contributed by atoms with Gasteiger partial charge in [0.1, 0.15) is 5.75 Å². The number of halogens is 1. The second-order valence-electron chi connectivity index (χ2n) is 4.53. The molecule has 0 saturated heterocycles. The molecule has 3 heteroatoms. The Balaban J connectivity index is 2.01. The minimum Gasteiger partial charge on any atom is -0.496 e. The molecule has 0 bridgehead atoms. The van der Waals surface area contributed by atoms with Crippen molar-refractivity contribution in [2.45, 2.75) is 31.7 Å². The highest BCUT2D eigenvalue weighted by Gasteiger charge is 2.24. The van der Waals surface area contributed by atoms with Crippen LogP contribution >= 0.6 is 15.9 Å². The summed E-state index contributed by atoms with van der Waals surface area (Å²) in [6, 6.07) is 6.51. The summed E-state index contributed by atoms with van der Waals surface area (Å²) in [5.74, 6) is 1.61. The summed E-state index contributed by atoms with van der Waals surface area (Å²) in [7, 11) is 1.68. The van der Waals surface area contributed by atoms with Gasteiger partial charge in [0, 0.05) is 6.04 Å². The van der Waals surface area contributed by atoms with Gasteiger partial charge < -0.3 is 10.5 Å². The van der Waals surface area contributed by atoms with Gasteiger partial charge in [-0.25, -0.2) is 0 Å². The summed E-state index contributed by atoms with van der Waals surface area (Å²) in [5, 5.41) is 0. The monoisotopic (exact) mass is 283 g/mol. The summed E-state index contributed by atoms with van der Waals surface area (Å²) in [5.41, 5.74) is 7.47. The summed E-state index contributed by atoms with van der Waals surface area (Å²) in [6.45, 7) is 0. The molecule has 0 radical (unpaired) electrons. The fourth-order valence-corrected chi connectivity index (χ4v) is 2.73. The molecule has 1 atom stereocenters. The SMILES string of the molecule is COc1ccc(CC(N)C2CCC2)cc1Br. The van der Waals surface area contributed by atoms with E-state index in [9.17, 15) is 0 Å². The third-order valence-corrected chi connectivity index (χ3v) is 4.06. The van der Waals surface area contributed by atoms with Gasteiger partial charge in [0.05, 0.1) is 11.6 Å². The lowest BCUT2D eigenvalue weighted by Gasteiger charge is -2.31. The van der Waals surface area contributed by atoms with Crippen LogP contribution in [-0.4, -0.2) is 13.2 Å². The van der Waals surface area contributed by atoms with Gasteiger partial charge in [-0.05, 0) is 58.8 Å². The van der Waals surface area contributed by atoms with Crippen molar-refractivity contribution in [3.05, 3.63) is 28.2 Å². The van der Waals surface area contributed by atoms with E-state index in [2.05, 4.69) is 28.1 Å². The van der Waals surface area contributed by atoms with Gasteiger partial charge in [0.2, 0.25) is 0 Å². The van der Waals surface area contributed by atoms with Crippen molar-refractivity contribution in [2.75, 3.05) is 7.11 Å². The zero-order valence-electron chi connectivity index (χ0n) is 9.58. The van der Waals surface area contributed by atoms with E-state index in [0.29, 0.717) is 6.04 Å². The van der Waals surface area contributed by atoms with Crippen molar-refractivity contribution >= 4 is 15.9 Å². The minimum absolute atomic E-state index is 0.314. The average Bonchev–Trinajstić information content (AvgIpc) is 2.15. The molecule has 2 N–H and O–H groups in total. The topological polar surface area (TPSA) is 35.2 Å². The van der Waals surface area contributed by atoms with E-state index in [1.54, 1.807) is 7.11 Å². The van der Waals surface area contributed by atoms with E-state index < -0.39 is 0 Å². The van der Waals surface area contributed by atoms with Crippen LogP contribution in [0.1, 0.15) is 24.8 Å². The number of nitrogens with two attached hydrogens (primary N) is 1. The van der Waals surface area contributed by atoms with Crippen molar-refractivity contribution in [2.24, 2.45) is 11.7 Å². The third kappa shape index (κ3) is 2.58. The van der Waals surface area contributed by atoms with Gasteiger partial charge in [-0.2, -0.15) is 0 Å². The Morgan fingerprint density at radius 2 is 2.25 bits per heavy atom. The maximum absolute atomic E-state index is 6.19. The van der Waals surface area contributed by atoms with E-state index >= 15 is 0 Å². The maximum atomic E-state index is 6.19. The summed E-state index contributed by atoms with van der Waals surface area (Å²) < 4.78 is 6.21. The number of ether oxygens (including phenoxy) is 1. The molecule has 0 spiro atoms. The molecule has 1 aromatic carbocycles. The molecule has 1 aliphatic carbocycles. The Labute approximate surface area is 105 Å². The highest BCUT2D eigenvalue weighted by atomic mass is 79.9. The fraction of sp³-hybridized carbons (Fsp3) is 0.538. The highest BCUT2D eigenvalue weighted by molar-refractivity contribution is 9.10. The molecule has 0 heterocycles. The van der Waals surface area contributed by atoms with Crippen LogP contribution in [0.15, 0.2) is 22.7 Å². The van der Waals surface area contributed by atoms with Crippen LogP contribution in [0, 0.1) is 5.92 Å². The van der Waals surface area contributed by atoms with Crippen LogP contribution in [0.5, 0.6) is 5.75 Å². The Kier molecular flexibility index (Phi) is 3.87. The van der Waals surface area contributed by atoms with E-state index in [4.69, 9.17) is 10.5 Å². The normalized spacial score (nSPS) is 17.9. The van der Waals surface area contributed by atoms with Crippen LogP contribution in [0.3, 0.4) is 0 Å².